The molecular weight excluding hydrogens is 310 g/mol. The third kappa shape index (κ3) is 3.37. The number of carbonyl (C=O) groups is 1. The number of amides is 1. The van der Waals surface area contributed by atoms with Crippen molar-refractivity contribution in [3.8, 4) is 0 Å². The van der Waals surface area contributed by atoms with Gasteiger partial charge in [0.2, 0.25) is 5.91 Å². The maximum absolute atomic E-state index is 12.2. The van der Waals surface area contributed by atoms with Crippen molar-refractivity contribution in [2.45, 2.75) is 39.5 Å². The number of aromatic nitrogens is 2. The summed E-state index contributed by atoms with van der Waals surface area (Å²) in [6.45, 7) is 4.44. The summed E-state index contributed by atoms with van der Waals surface area (Å²) in [5, 5.41) is 3.64. The first kappa shape index (κ1) is 15.9. The molecule has 1 aliphatic carbocycles. The van der Waals surface area contributed by atoms with Crippen molar-refractivity contribution in [2.24, 2.45) is 5.92 Å². The number of aryl methyl sites for hydroxylation is 2. The Hall–Kier alpha value is -1.95. The molecule has 2 N–H and O–H groups in total. The lowest BCUT2D eigenvalue weighted by Crippen LogP contribution is -2.33. The first-order valence-corrected chi connectivity index (χ1v) is 8.79. The number of aromatic amines is 1. The van der Waals surface area contributed by atoms with Crippen LogP contribution in [0.3, 0.4) is 0 Å². The van der Waals surface area contributed by atoms with Gasteiger partial charge in [-0.3, -0.25) is 9.59 Å². The lowest BCUT2D eigenvalue weighted by molar-refractivity contribution is -0.125. The lowest BCUT2D eigenvalue weighted by Gasteiger charge is -2.17. The van der Waals surface area contributed by atoms with Gasteiger partial charge in [-0.1, -0.05) is 12.2 Å². The van der Waals surface area contributed by atoms with Crippen LogP contribution >= 0.6 is 11.3 Å². The molecule has 1 unspecified atom stereocenters. The number of nitrogens with one attached hydrogen (secondary N) is 2. The summed E-state index contributed by atoms with van der Waals surface area (Å²) in [5.74, 6) is 0.810. The van der Waals surface area contributed by atoms with Crippen LogP contribution in [0.1, 0.15) is 35.5 Å². The quantitative estimate of drug-likeness (QED) is 0.846. The second kappa shape index (κ2) is 6.66. The van der Waals surface area contributed by atoms with Crippen LogP contribution in [-0.4, -0.2) is 22.4 Å². The molecule has 0 aromatic carbocycles. The average Bonchev–Trinajstić information content (AvgIpc) is 2.83. The monoisotopic (exact) mass is 331 g/mol. The molecule has 0 spiro atoms. The summed E-state index contributed by atoms with van der Waals surface area (Å²) in [4.78, 5) is 33.5. The number of nitrogens with zero attached hydrogens (tertiary/aromatic N) is 1. The number of hydrogen-bond donors (Lipinski definition) is 2. The number of H-pyrrole nitrogens is 1. The molecule has 2 heterocycles. The highest BCUT2D eigenvalue weighted by atomic mass is 32.1. The standard InChI is InChI=1S/C17H21N3O2S/c1-10-11(2)23-17-14(10)16(22)19-13(20-17)8-9-18-15(21)12-6-4-3-5-7-12/h3-4,12H,5-9H2,1-2H3,(H,18,21)(H,19,20,22). The Balaban J connectivity index is 1.64. The predicted octanol–water partition coefficient (Wildman–Crippen LogP) is 2.62. The minimum Gasteiger partial charge on any atom is -0.355 e. The largest absolute Gasteiger partial charge is 0.355 e. The van der Waals surface area contributed by atoms with Crippen molar-refractivity contribution in [1.82, 2.24) is 15.3 Å². The van der Waals surface area contributed by atoms with Crippen LogP contribution < -0.4 is 10.9 Å². The van der Waals surface area contributed by atoms with Gasteiger partial charge in [-0.15, -0.1) is 11.3 Å². The smallest absolute Gasteiger partial charge is 0.259 e. The van der Waals surface area contributed by atoms with E-state index in [1.807, 2.05) is 13.8 Å². The molecule has 23 heavy (non-hydrogen) atoms. The van der Waals surface area contributed by atoms with E-state index in [4.69, 9.17) is 0 Å². The van der Waals surface area contributed by atoms with Crippen LogP contribution in [0.2, 0.25) is 0 Å². The zero-order chi connectivity index (χ0) is 16.4. The zero-order valence-electron chi connectivity index (χ0n) is 13.4. The molecule has 5 nitrogen and oxygen atoms in total. The number of thiophene rings is 1. The topological polar surface area (TPSA) is 74.8 Å². The molecule has 2 aromatic heterocycles. The second-order valence-electron chi connectivity index (χ2n) is 6.00. The van der Waals surface area contributed by atoms with Gasteiger partial charge >= 0.3 is 0 Å². The number of hydrogen-bond acceptors (Lipinski definition) is 4. The molecule has 0 radical (unpaired) electrons. The minimum absolute atomic E-state index is 0.0806. The molecule has 0 saturated carbocycles. The zero-order valence-corrected chi connectivity index (χ0v) is 14.3. The molecule has 1 aliphatic rings. The molecule has 0 saturated heterocycles. The Bertz CT molecular complexity index is 819. The molecule has 1 atom stereocenters. The van der Waals surface area contributed by atoms with Crippen LogP contribution in [0, 0.1) is 19.8 Å². The first-order valence-electron chi connectivity index (χ1n) is 7.98. The maximum Gasteiger partial charge on any atom is 0.259 e. The van der Waals surface area contributed by atoms with Gasteiger partial charge in [0.25, 0.3) is 5.56 Å². The average molecular weight is 331 g/mol. The van der Waals surface area contributed by atoms with Gasteiger partial charge in [0.15, 0.2) is 0 Å². The summed E-state index contributed by atoms with van der Waals surface area (Å²) < 4.78 is 0. The Morgan fingerprint density at radius 2 is 2.26 bits per heavy atom. The Labute approximate surface area is 138 Å². The molecule has 0 bridgehead atoms. The molecule has 1 amide bonds. The van der Waals surface area contributed by atoms with E-state index < -0.39 is 0 Å². The fraction of sp³-hybridized carbons (Fsp3) is 0.471. The van der Waals surface area contributed by atoms with Gasteiger partial charge in [0, 0.05) is 23.8 Å². The van der Waals surface area contributed by atoms with E-state index in [9.17, 15) is 9.59 Å². The van der Waals surface area contributed by atoms with Gasteiger partial charge in [-0.05, 0) is 38.7 Å². The van der Waals surface area contributed by atoms with Crippen LogP contribution in [0.15, 0.2) is 16.9 Å². The fourth-order valence-electron chi connectivity index (χ4n) is 2.90. The van der Waals surface area contributed by atoms with Gasteiger partial charge in [0.05, 0.1) is 5.39 Å². The van der Waals surface area contributed by atoms with E-state index in [-0.39, 0.29) is 17.4 Å². The van der Waals surface area contributed by atoms with Crippen molar-refractivity contribution < 1.29 is 4.79 Å². The molecule has 3 rings (SSSR count). The van der Waals surface area contributed by atoms with E-state index in [1.165, 1.54) is 0 Å². The Morgan fingerprint density at radius 1 is 1.43 bits per heavy atom. The van der Waals surface area contributed by atoms with Gasteiger partial charge in [0.1, 0.15) is 10.7 Å². The predicted molar refractivity (Wildman–Crippen MR) is 92.9 cm³/mol. The van der Waals surface area contributed by atoms with E-state index >= 15 is 0 Å². The van der Waals surface area contributed by atoms with E-state index in [2.05, 4.69) is 27.4 Å². The highest BCUT2D eigenvalue weighted by Crippen LogP contribution is 2.25. The Kier molecular flexibility index (Phi) is 4.61. The van der Waals surface area contributed by atoms with E-state index in [0.29, 0.717) is 24.2 Å². The summed E-state index contributed by atoms with van der Waals surface area (Å²) in [6, 6.07) is 0. The lowest BCUT2D eigenvalue weighted by atomic mass is 9.94. The second-order valence-corrected chi connectivity index (χ2v) is 7.20. The SMILES string of the molecule is Cc1sc2nc(CCNC(=O)C3CC=CCC3)[nH]c(=O)c2c1C. The van der Waals surface area contributed by atoms with Gasteiger partial charge in [-0.25, -0.2) is 4.98 Å². The summed E-state index contributed by atoms with van der Waals surface area (Å²) in [5.41, 5.74) is 0.916. The van der Waals surface area contributed by atoms with Crippen molar-refractivity contribution >= 4 is 27.5 Å². The number of allylic oxidation sites excluding steroid dienone is 2. The van der Waals surface area contributed by atoms with Crippen LogP contribution in [0.25, 0.3) is 10.2 Å². The van der Waals surface area contributed by atoms with Crippen LogP contribution in [0.5, 0.6) is 0 Å². The van der Waals surface area contributed by atoms with Gasteiger partial charge in [-0.2, -0.15) is 0 Å². The third-order valence-corrected chi connectivity index (χ3v) is 5.49. The van der Waals surface area contributed by atoms with Crippen molar-refractivity contribution in [1.29, 1.82) is 0 Å². The molecule has 2 aromatic rings. The number of carbonyl (C=O) groups excluding carboxylic acids is 1. The number of fused-ring (bicyclic) bond motifs is 1. The molecule has 122 valence electrons. The summed E-state index contributed by atoms with van der Waals surface area (Å²) in [6.07, 6.45) is 7.44. The molecular formula is C17H21N3O2S. The van der Waals surface area contributed by atoms with Crippen LogP contribution in [-0.2, 0) is 11.2 Å². The third-order valence-electron chi connectivity index (χ3n) is 4.39. The first-order chi connectivity index (χ1) is 11.1. The van der Waals surface area contributed by atoms with Crippen LogP contribution in [0.4, 0.5) is 0 Å². The molecule has 6 heteroatoms. The van der Waals surface area contributed by atoms with Crippen molar-refractivity contribution in [3.05, 3.63) is 38.8 Å². The maximum atomic E-state index is 12.2. The summed E-state index contributed by atoms with van der Waals surface area (Å²) in [7, 11) is 0. The minimum atomic E-state index is -0.0874. The number of rotatable bonds is 4. The molecule has 0 aliphatic heterocycles. The van der Waals surface area contributed by atoms with Gasteiger partial charge < -0.3 is 10.3 Å². The molecule has 0 fully saturated rings. The highest BCUT2D eigenvalue weighted by Gasteiger charge is 2.18. The summed E-state index contributed by atoms with van der Waals surface area (Å²) >= 11 is 1.54. The normalized spacial score (nSPS) is 17.6. The van der Waals surface area contributed by atoms with Crippen molar-refractivity contribution in [3.63, 3.8) is 0 Å². The van der Waals surface area contributed by atoms with E-state index in [0.717, 1.165) is 34.5 Å². The van der Waals surface area contributed by atoms with E-state index in [1.54, 1.807) is 11.3 Å². The highest BCUT2D eigenvalue weighted by molar-refractivity contribution is 7.18. The fourth-order valence-corrected chi connectivity index (χ4v) is 3.95. The van der Waals surface area contributed by atoms with Crippen molar-refractivity contribution in [2.75, 3.05) is 6.54 Å². The Morgan fingerprint density at radius 3 is 3.00 bits per heavy atom.